The van der Waals surface area contributed by atoms with Crippen molar-refractivity contribution < 1.29 is 76.3 Å². The van der Waals surface area contributed by atoms with E-state index in [1.165, 1.54) is 0 Å². The van der Waals surface area contributed by atoms with Crippen LogP contribution >= 0.6 is 0 Å². The van der Waals surface area contributed by atoms with Crippen LogP contribution in [0.25, 0.3) is 20.9 Å². The van der Waals surface area contributed by atoms with E-state index in [1.807, 2.05) is 104 Å². The summed E-state index contributed by atoms with van der Waals surface area (Å²) in [5.41, 5.74) is 17.5. The van der Waals surface area contributed by atoms with Gasteiger partial charge in [0.25, 0.3) is 0 Å². The molecule has 0 aromatic rings. The van der Waals surface area contributed by atoms with E-state index >= 15 is 0 Å². The zero-order valence-electron chi connectivity index (χ0n) is 69.0. The quantitative estimate of drug-likeness (QED) is 0.0196. The molecule has 8 amide bonds. The van der Waals surface area contributed by atoms with E-state index in [9.17, 15) is 38.4 Å². The maximum absolute atomic E-state index is 13.2. The number of unbranched alkanes of at least 4 members (excludes halogenated alkanes) is 3. The molecule has 31 nitrogen and oxygen atoms in total. The Morgan fingerprint density at radius 3 is 0.548 bits per heavy atom. The molecule has 0 aromatic carbocycles. The van der Waals surface area contributed by atoms with Gasteiger partial charge in [-0.25, -0.2) is 38.4 Å². The molecule has 0 spiro atoms. The topological polar surface area (TPSA) is 360 Å². The smallest absolute Gasteiger partial charge is 0.410 e. The molecule has 0 saturated carbocycles. The van der Waals surface area contributed by atoms with E-state index in [4.69, 9.17) is 54.7 Å². The number of rotatable bonds is 40. The Kier molecular flexibility index (Phi) is 46.3. The minimum absolute atomic E-state index is 0.246. The lowest BCUT2D eigenvalue weighted by atomic mass is 10.2. The van der Waals surface area contributed by atoms with Crippen LogP contribution in [-0.2, 0) is 37.9 Å². The Balaban J connectivity index is 0. The standard InChI is InChI=1S/C37H71N7O8.C36H70N8O8/c1-14-15-22-41(30(45)49-34(2,3)4)26-19-27-42(31(46)50-35(5,6)7)23-16-17-24-43(32(47)51-36(8,9)10)28-20-29-44(25-18-21-39-40-38)33(48)52-37(11,12)13;1-33(2,3)49-29(45)41(25-17-27-43(23-15-19-37)31(47)51-35(7,8)9)21-13-14-22-42(30(46)50-34(4,5)6)26-18-28-44(24-16-20-39-40-38)32(48)52-36(10,11)12/h14-29H2,1-13H3;13-28,37H2,1-12H3. The van der Waals surface area contributed by atoms with Gasteiger partial charge >= 0.3 is 48.7 Å². The maximum Gasteiger partial charge on any atom is 0.410 e. The Labute approximate surface area is 624 Å². The third-order valence-electron chi connectivity index (χ3n) is 13.8. The second-order valence-electron chi connectivity index (χ2n) is 33.7. The van der Waals surface area contributed by atoms with Gasteiger partial charge in [0.1, 0.15) is 44.8 Å². The van der Waals surface area contributed by atoms with Gasteiger partial charge < -0.3 is 82.8 Å². The van der Waals surface area contributed by atoms with Crippen LogP contribution in [-0.4, -0.2) is 257 Å². The van der Waals surface area contributed by atoms with Gasteiger partial charge in [-0.1, -0.05) is 23.6 Å². The minimum atomic E-state index is -0.704. The largest absolute Gasteiger partial charge is 0.444 e. The number of hydrogen-bond acceptors (Lipinski definition) is 19. The van der Waals surface area contributed by atoms with E-state index in [1.54, 1.807) is 102 Å². The van der Waals surface area contributed by atoms with Gasteiger partial charge in [-0.15, -0.1) is 0 Å². The van der Waals surface area contributed by atoms with Crippen molar-refractivity contribution in [3.8, 4) is 0 Å². The van der Waals surface area contributed by atoms with Gasteiger partial charge in [-0.2, -0.15) is 0 Å². The Bertz CT molecular complexity index is 2440. The lowest BCUT2D eigenvalue weighted by Gasteiger charge is -2.31. The second kappa shape index (κ2) is 48.8. The zero-order chi connectivity index (χ0) is 80.4. The fourth-order valence-corrected chi connectivity index (χ4v) is 9.37. The third kappa shape index (κ3) is 55.3. The van der Waals surface area contributed by atoms with Crippen LogP contribution in [0, 0.1) is 0 Å². The molecule has 0 aliphatic carbocycles. The molecule has 0 atom stereocenters. The van der Waals surface area contributed by atoms with Crippen LogP contribution in [0.2, 0.25) is 0 Å². The first kappa shape index (κ1) is 98.8. The predicted molar refractivity (Wildman–Crippen MR) is 405 cm³/mol. The lowest BCUT2D eigenvalue weighted by Crippen LogP contribution is -2.42. The van der Waals surface area contributed by atoms with Crippen LogP contribution in [0.3, 0.4) is 0 Å². The number of hydrogen-bond donors (Lipinski definition) is 1. The van der Waals surface area contributed by atoms with Crippen LogP contribution < -0.4 is 5.73 Å². The van der Waals surface area contributed by atoms with Crippen molar-refractivity contribution in [2.24, 2.45) is 16.0 Å². The molecule has 0 aliphatic rings. The van der Waals surface area contributed by atoms with Gasteiger partial charge in [-0.05, 0) is 261 Å². The molecule has 0 fully saturated rings. The number of azide groups is 2. The van der Waals surface area contributed by atoms with Gasteiger partial charge in [0.2, 0.25) is 0 Å². The van der Waals surface area contributed by atoms with Crippen molar-refractivity contribution >= 4 is 48.7 Å². The van der Waals surface area contributed by atoms with Crippen molar-refractivity contribution in [3.63, 3.8) is 0 Å². The molecule has 0 bridgehead atoms. The molecular formula is C73H141N15O16. The van der Waals surface area contributed by atoms with Crippen molar-refractivity contribution in [1.29, 1.82) is 0 Å². The predicted octanol–water partition coefficient (Wildman–Crippen LogP) is 16.5. The molecule has 104 heavy (non-hydrogen) atoms. The van der Waals surface area contributed by atoms with Crippen LogP contribution in [0.5, 0.6) is 0 Å². The molecule has 0 aromatic heterocycles. The summed E-state index contributed by atoms with van der Waals surface area (Å²) in [7, 11) is 0. The minimum Gasteiger partial charge on any atom is -0.444 e. The summed E-state index contributed by atoms with van der Waals surface area (Å²) in [5, 5.41) is 7.11. The summed E-state index contributed by atoms with van der Waals surface area (Å²) in [6, 6.07) is 0. The molecule has 0 saturated heterocycles. The zero-order valence-corrected chi connectivity index (χ0v) is 69.0. The van der Waals surface area contributed by atoms with Gasteiger partial charge in [-0.3, -0.25) is 0 Å². The van der Waals surface area contributed by atoms with Gasteiger partial charge in [0, 0.05) is 128 Å². The van der Waals surface area contributed by atoms with E-state index in [0.717, 1.165) is 12.8 Å². The number of carbonyl (C=O) groups is 8. The summed E-state index contributed by atoms with van der Waals surface area (Å²) >= 11 is 0. The number of nitrogens with zero attached hydrogens (tertiary/aromatic N) is 14. The Morgan fingerprint density at radius 1 is 0.260 bits per heavy atom. The lowest BCUT2D eigenvalue weighted by molar-refractivity contribution is 0.0165. The first-order valence-electron chi connectivity index (χ1n) is 37.3. The van der Waals surface area contributed by atoms with Gasteiger partial charge in [0.05, 0.1) is 0 Å². The third-order valence-corrected chi connectivity index (χ3v) is 13.8. The molecule has 0 heterocycles. The molecular weight excluding hydrogens is 1340 g/mol. The first-order valence-corrected chi connectivity index (χ1v) is 37.3. The summed E-state index contributed by atoms with van der Waals surface area (Å²) in [6.07, 6.45) is 4.10. The van der Waals surface area contributed by atoms with Crippen LogP contribution in [0.15, 0.2) is 10.2 Å². The Morgan fingerprint density at radius 2 is 0.404 bits per heavy atom. The van der Waals surface area contributed by atoms with E-state index in [-0.39, 0.29) is 19.2 Å². The number of nitrogens with two attached hydrogens (primary N) is 1. The molecule has 2 N–H and O–H groups in total. The maximum atomic E-state index is 13.2. The van der Waals surface area contributed by atoms with Crippen molar-refractivity contribution in [1.82, 2.24) is 39.2 Å². The monoisotopic (exact) mass is 1480 g/mol. The normalized spacial score (nSPS) is 11.9. The molecule has 0 radical (unpaired) electrons. The first-order chi connectivity index (χ1) is 47.7. The van der Waals surface area contributed by atoms with Crippen molar-refractivity contribution in [2.75, 3.05) is 124 Å². The van der Waals surface area contributed by atoms with E-state index in [2.05, 4.69) is 27.0 Å². The highest BCUT2D eigenvalue weighted by atomic mass is 16.6. The van der Waals surface area contributed by atoms with Crippen molar-refractivity contribution in [3.05, 3.63) is 20.9 Å². The average molecular weight is 1490 g/mol. The summed E-state index contributed by atoms with van der Waals surface area (Å²) < 4.78 is 45.1. The molecule has 0 aliphatic heterocycles. The highest BCUT2D eigenvalue weighted by Gasteiger charge is 2.31. The van der Waals surface area contributed by atoms with E-state index in [0.29, 0.717) is 182 Å². The molecule has 0 rings (SSSR count). The summed E-state index contributed by atoms with van der Waals surface area (Å²) in [5.74, 6) is 0. The second-order valence-corrected chi connectivity index (χ2v) is 33.7. The summed E-state index contributed by atoms with van der Waals surface area (Å²) in [4.78, 5) is 123. The fourth-order valence-electron chi connectivity index (χ4n) is 9.37. The molecule has 31 heteroatoms. The average Bonchev–Trinajstić information content (AvgIpc) is 0.899. The van der Waals surface area contributed by atoms with Crippen LogP contribution in [0.4, 0.5) is 38.4 Å². The molecule has 604 valence electrons. The van der Waals surface area contributed by atoms with Crippen LogP contribution in [0.1, 0.15) is 257 Å². The van der Waals surface area contributed by atoms with E-state index < -0.39 is 87.5 Å². The highest BCUT2D eigenvalue weighted by Crippen LogP contribution is 2.21. The summed E-state index contributed by atoms with van der Waals surface area (Å²) in [6.45, 7) is 52.5. The highest BCUT2D eigenvalue weighted by molar-refractivity contribution is 5.71. The number of ether oxygens (including phenoxy) is 8. The number of amides is 8. The Hall–Kier alpha value is -7.26. The van der Waals surface area contributed by atoms with Gasteiger partial charge in [0.15, 0.2) is 0 Å². The molecule has 0 unspecified atom stereocenters. The fraction of sp³-hybridized carbons (Fsp3) is 0.890. The SMILES string of the molecule is CC(C)(C)OC(=O)N(CCCN)CCCN(CCCCN(CCCN(CCCN=[N+]=[N-])C(=O)OC(C)(C)C)C(=O)OC(C)(C)C)C(=O)OC(C)(C)C.CCCCN(CCCN(CCCCN(CCCN(CCCN=[N+]=[N-])C(=O)OC(C)(C)C)C(=O)OC(C)(C)C)C(=O)OC(C)(C)C)C(=O)OC(C)(C)C. The number of carbonyl (C=O) groups excluding carboxylic acids is 8. The van der Waals surface area contributed by atoms with Crippen molar-refractivity contribution in [2.45, 2.75) is 301 Å².